The third-order valence-corrected chi connectivity index (χ3v) is 4.17. The number of hydrogen-bond acceptors (Lipinski definition) is 4. The first kappa shape index (κ1) is 12.5. The molecule has 0 spiro atoms. The molecule has 1 aromatic carbocycles. The summed E-state index contributed by atoms with van der Waals surface area (Å²) in [6.45, 7) is 2.18. The second-order valence-corrected chi connectivity index (χ2v) is 5.82. The van der Waals surface area contributed by atoms with Crippen LogP contribution in [-0.2, 0) is 6.42 Å². The van der Waals surface area contributed by atoms with Gasteiger partial charge >= 0.3 is 0 Å². The van der Waals surface area contributed by atoms with Crippen molar-refractivity contribution in [3.05, 3.63) is 54.0 Å². The van der Waals surface area contributed by atoms with Crippen molar-refractivity contribution in [3.63, 3.8) is 0 Å². The van der Waals surface area contributed by atoms with Gasteiger partial charge in [-0.1, -0.05) is 30.3 Å². The maximum absolute atomic E-state index is 4.70. The fourth-order valence-corrected chi connectivity index (χ4v) is 3.12. The van der Waals surface area contributed by atoms with Crippen LogP contribution in [0.3, 0.4) is 0 Å². The number of aromatic nitrogens is 2. The van der Waals surface area contributed by atoms with Gasteiger partial charge in [-0.2, -0.15) is 11.8 Å². The minimum atomic E-state index is 0.803. The van der Waals surface area contributed by atoms with E-state index in [1.54, 1.807) is 0 Å². The highest BCUT2D eigenvalue weighted by atomic mass is 32.2. The van der Waals surface area contributed by atoms with Crippen molar-refractivity contribution in [3.8, 4) is 0 Å². The van der Waals surface area contributed by atoms with E-state index < -0.39 is 0 Å². The molecule has 2 aromatic rings. The summed E-state index contributed by atoms with van der Waals surface area (Å²) < 4.78 is 0. The molecular weight excluding hydrogens is 254 g/mol. The second-order valence-electron chi connectivity index (χ2n) is 4.59. The van der Waals surface area contributed by atoms with Crippen molar-refractivity contribution >= 4 is 17.6 Å². The van der Waals surface area contributed by atoms with Crippen molar-refractivity contribution in [2.75, 3.05) is 29.5 Å². The molecule has 0 atom stereocenters. The molecule has 0 bridgehead atoms. The number of hydrogen-bond donors (Lipinski definition) is 0. The van der Waals surface area contributed by atoms with Gasteiger partial charge in [-0.15, -0.1) is 0 Å². The molecule has 0 N–H and O–H groups in total. The maximum Gasteiger partial charge on any atom is 0.135 e. The molecule has 1 saturated heterocycles. The zero-order valence-corrected chi connectivity index (χ0v) is 11.6. The highest BCUT2D eigenvalue weighted by Crippen LogP contribution is 2.17. The predicted molar refractivity (Wildman–Crippen MR) is 80.8 cm³/mol. The third kappa shape index (κ3) is 3.26. The summed E-state index contributed by atoms with van der Waals surface area (Å²) in [6.07, 6.45) is 2.68. The van der Waals surface area contributed by atoms with Crippen molar-refractivity contribution in [1.29, 1.82) is 0 Å². The Morgan fingerprint density at radius 1 is 1.05 bits per heavy atom. The molecule has 2 heterocycles. The van der Waals surface area contributed by atoms with Gasteiger partial charge in [0.25, 0.3) is 0 Å². The van der Waals surface area contributed by atoms with Crippen LogP contribution in [0, 0.1) is 0 Å². The van der Waals surface area contributed by atoms with Crippen LogP contribution in [0.2, 0.25) is 0 Å². The molecule has 0 radical (unpaired) electrons. The Balaban J connectivity index is 1.76. The van der Waals surface area contributed by atoms with E-state index in [9.17, 15) is 0 Å². The van der Waals surface area contributed by atoms with E-state index in [-0.39, 0.29) is 0 Å². The molecule has 0 aliphatic carbocycles. The lowest BCUT2D eigenvalue weighted by Gasteiger charge is -2.27. The van der Waals surface area contributed by atoms with E-state index >= 15 is 0 Å². The van der Waals surface area contributed by atoms with E-state index in [0.717, 1.165) is 31.2 Å². The molecule has 1 fully saturated rings. The van der Waals surface area contributed by atoms with Gasteiger partial charge in [0.1, 0.15) is 11.6 Å². The summed E-state index contributed by atoms with van der Waals surface area (Å²) in [6, 6.07) is 12.4. The summed E-state index contributed by atoms with van der Waals surface area (Å²) in [4.78, 5) is 11.4. The first-order chi connectivity index (χ1) is 9.42. The summed E-state index contributed by atoms with van der Waals surface area (Å²) >= 11 is 2.02. The maximum atomic E-state index is 4.70. The van der Waals surface area contributed by atoms with Crippen molar-refractivity contribution in [1.82, 2.24) is 9.97 Å². The normalized spacial score (nSPS) is 15.5. The Hall–Kier alpha value is -1.55. The largest absolute Gasteiger partial charge is 0.355 e. The molecule has 0 saturated carbocycles. The molecule has 1 aliphatic rings. The Morgan fingerprint density at radius 3 is 2.63 bits per heavy atom. The van der Waals surface area contributed by atoms with Gasteiger partial charge in [-0.25, -0.2) is 9.97 Å². The topological polar surface area (TPSA) is 29.0 Å². The fourth-order valence-electron chi connectivity index (χ4n) is 2.22. The molecule has 0 unspecified atom stereocenters. The van der Waals surface area contributed by atoms with Crippen LogP contribution in [0.25, 0.3) is 0 Å². The quantitative estimate of drug-likeness (QED) is 0.858. The molecule has 19 heavy (non-hydrogen) atoms. The molecule has 0 amide bonds. The van der Waals surface area contributed by atoms with Crippen LogP contribution in [0.15, 0.2) is 42.6 Å². The lowest BCUT2D eigenvalue weighted by Crippen LogP contribution is -2.33. The van der Waals surface area contributed by atoms with Crippen LogP contribution >= 0.6 is 11.8 Å². The van der Waals surface area contributed by atoms with Crippen LogP contribution in [-0.4, -0.2) is 34.6 Å². The van der Waals surface area contributed by atoms with Gasteiger partial charge < -0.3 is 4.90 Å². The molecule has 4 heteroatoms. The Morgan fingerprint density at radius 2 is 1.84 bits per heavy atom. The van der Waals surface area contributed by atoms with Gasteiger partial charge in [0.15, 0.2) is 0 Å². The van der Waals surface area contributed by atoms with Crippen LogP contribution in [0.4, 0.5) is 5.82 Å². The number of benzene rings is 1. The third-order valence-electron chi connectivity index (χ3n) is 3.23. The molecule has 98 valence electrons. The van der Waals surface area contributed by atoms with Crippen LogP contribution < -0.4 is 4.90 Å². The molecule has 1 aromatic heterocycles. The van der Waals surface area contributed by atoms with E-state index in [1.165, 1.54) is 17.1 Å². The van der Waals surface area contributed by atoms with Crippen LogP contribution in [0.1, 0.15) is 11.4 Å². The predicted octanol–water partition coefficient (Wildman–Crippen LogP) is 2.62. The summed E-state index contributed by atoms with van der Waals surface area (Å²) in [5.74, 6) is 4.36. The molecule has 1 aliphatic heterocycles. The van der Waals surface area contributed by atoms with Gasteiger partial charge in [0, 0.05) is 37.2 Å². The van der Waals surface area contributed by atoms with Gasteiger partial charge in [0.05, 0.1) is 0 Å². The standard InChI is InChI=1S/C15H17N3S/c1-2-4-13(5-3-1)12-14-16-7-6-15(17-14)18-8-10-19-11-9-18/h1-7H,8-12H2. The van der Waals surface area contributed by atoms with E-state index in [4.69, 9.17) is 4.98 Å². The average molecular weight is 271 g/mol. The number of nitrogens with zero attached hydrogens (tertiary/aromatic N) is 3. The molecule has 3 nitrogen and oxygen atoms in total. The Labute approximate surface area is 118 Å². The van der Waals surface area contributed by atoms with Gasteiger partial charge in [0.2, 0.25) is 0 Å². The number of anilines is 1. The SMILES string of the molecule is c1ccc(Cc2nccc(N3CCSCC3)n2)cc1. The fraction of sp³-hybridized carbons (Fsp3) is 0.333. The average Bonchev–Trinajstić information content (AvgIpc) is 2.49. The monoisotopic (exact) mass is 271 g/mol. The number of thioether (sulfide) groups is 1. The van der Waals surface area contributed by atoms with Crippen molar-refractivity contribution < 1.29 is 0 Å². The van der Waals surface area contributed by atoms with Gasteiger partial charge in [-0.3, -0.25) is 0 Å². The molecular formula is C15H17N3S. The van der Waals surface area contributed by atoms with E-state index in [2.05, 4.69) is 34.1 Å². The lowest BCUT2D eigenvalue weighted by molar-refractivity contribution is 0.821. The summed E-state index contributed by atoms with van der Waals surface area (Å²) in [5, 5.41) is 0. The zero-order chi connectivity index (χ0) is 12.9. The van der Waals surface area contributed by atoms with Gasteiger partial charge in [-0.05, 0) is 11.6 Å². The first-order valence-electron chi connectivity index (χ1n) is 6.60. The highest BCUT2D eigenvalue weighted by molar-refractivity contribution is 7.99. The second kappa shape index (κ2) is 6.06. The zero-order valence-electron chi connectivity index (χ0n) is 10.8. The van der Waals surface area contributed by atoms with E-state index in [0.29, 0.717) is 0 Å². The minimum Gasteiger partial charge on any atom is -0.355 e. The molecule has 3 rings (SSSR count). The Kier molecular flexibility index (Phi) is 3.98. The highest BCUT2D eigenvalue weighted by Gasteiger charge is 2.12. The summed E-state index contributed by atoms with van der Waals surface area (Å²) in [5.41, 5.74) is 1.26. The van der Waals surface area contributed by atoms with E-state index in [1.807, 2.05) is 30.1 Å². The smallest absolute Gasteiger partial charge is 0.135 e. The summed E-state index contributed by atoms with van der Waals surface area (Å²) in [7, 11) is 0. The minimum absolute atomic E-state index is 0.803. The van der Waals surface area contributed by atoms with Crippen molar-refractivity contribution in [2.24, 2.45) is 0 Å². The Bertz CT molecular complexity index is 524. The lowest BCUT2D eigenvalue weighted by atomic mass is 10.1. The van der Waals surface area contributed by atoms with Crippen molar-refractivity contribution in [2.45, 2.75) is 6.42 Å². The van der Waals surface area contributed by atoms with Crippen LogP contribution in [0.5, 0.6) is 0 Å². The first-order valence-corrected chi connectivity index (χ1v) is 7.76. The number of rotatable bonds is 3.